The van der Waals surface area contributed by atoms with Crippen LogP contribution in [0.25, 0.3) is 0 Å². The van der Waals surface area contributed by atoms with Gasteiger partial charge in [-0.3, -0.25) is 4.18 Å². The van der Waals surface area contributed by atoms with Crippen molar-refractivity contribution in [2.75, 3.05) is 13.2 Å². The topological polar surface area (TPSA) is 71.1 Å². The van der Waals surface area contributed by atoms with E-state index in [4.69, 9.17) is 17.5 Å². The van der Waals surface area contributed by atoms with Crippen LogP contribution in [0.5, 0.6) is 0 Å². The molecule has 6 nitrogen and oxygen atoms in total. The molecule has 1 aliphatic carbocycles. The molecule has 1 aromatic rings. The van der Waals surface area contributed by atoms with Crippen LogP contribution in [0.1, 0.15) is 120 Å². The third-order valence-corrected chi connectivity index (χ3v) is 29.1. The highest BCUT2D eigenvalue weighted by Crippen LogP contribution is 2.49. The number of benzene rings is 1. The summed E-state index contributed by atoms with van der Waals surface area (Å²) in [6.45, 7) is 41.4. The Morgan fingerprint density at radius 2 is 1.47 bits per heavy atom. The van der Waals surface area contributed by atoms with Gasteiger partial charge in [-0.2, -0.15) is 8.42 Å². The molecule has 0 aliphatic heterocycles. The zero-order valence-electron chi connectivity index (χ0n) is 39.9. The van der Waals surface area contributed by atoms with Crippen LogP contribution in [0.2, 0.25) is 54.4 Å². The number of allylic oxidation sites excluding steroid dienone is 2. The van der Waals surface area contributed by atoms with Crippen LogP contribution < -0.4 is 0 Å². The van der Waals surface area contributed by atoms with E-state index < -0.39 is 35.1 Å². The number of hydrogen-bond acceptors (Lipinski definition) is 6. The molecule has 1 fully saturated rings. The largest absolute Gasteiger partial charge is 0.417 e. The predicted molar refractivity (Wildman–Crippen MR) is 259 cm³/mol. The van der Waals surface area contributed by atoms with Gasteiger partial charge in [0, 0.05) is 18.9 Å². The summed E-state index contributed by atoms with van der Waals surface area (Å²) in [5, 5.41) is 0.264. The standard InChI is InChI=1S/C47H83BrO6SSi3/c1-19-20-24-37(3)43(53-57(15,16)46(7,8)9)31-30-41-42(34-39(48)25-22-21-23-32-52-56(13,14)45(4,5)6)38(33-44(41)54-58(17,18)47(10,11)12)35-51-55(49,50)40-28-26-36(2)27-29-40/h25-31,37-38,41-44H,21-24,32-35H2,1-18H3/b31-30+,39-25-/t37?,38-,41-,42+,43?,44-/m1/s1. The normalized spacial score (nSPS) is 21.6. The van der Waals surface area contributed by atoms with Crippen LogP contribution in [-0.4, -0.2) is 58.8 Å². The summed E-state index contributed by atoms with van der Waals surface area (Å²) in [5.74, 6) is 6.65. The van der Waals surface area contributed by atoms with Gasteiger partial charge in [-0.25, -0.2) is 0 Å². The average Bonchev–Trinajstić information content (AvgIpc) is 3.38. The van der Waals surface area contributed by atoms with Gasteiger partial charge in [-0.05, 0) is 135 Å². The Morgan fingerprint density at radius 1 is 0.897 bits per heavy atom. The monoisotopic (exact) mass is 938 g/mol. The number of unbranched alkanes of at least 4 members (excludes halogenated alkanes) is 2. The lowest BCUT2D eigenvalue weighted by Crippen LogP contribution is -2.45. The van der Waals surface area contributed by atoms with E-state index in [0.717, 1.165) is 48.8 Å². The fourth-order valence-electron chi connectivity index (χ4n) is 6.45. The molecular formula is C47H83BrO6SSi3. The lowest BCUT2D eigenvalue weighted by atomic mass is 9.85. The van der Waals surface area contributed by atoms with Crippen molar-refractivity contribution in [2.24, 2.45) is 23.7 Å². The second-order valence-corrected chi connectivity index (χ2v) is 38.5. The molecule has 0 saturated heterocycles. The van der Waals surface area contributed by atoms with Gasteiger partial charge in [-0.15, -0.1) is 11.8 Å². The first kappa shape index (κ1) is 53.3. The SMILES string of the molecule is CC#CCC(C)C(/C=C/[C@@H]1[C@@H](C/C(Br)=C/CCCCO[Si](C)(C)C(C)(C)C)[C@@H](COS(=O)(=O)c2ccc(C)cc2)C[C@H]1O[Si](C)(C)C(C)(C)C)O[Si](C)(C)C(C)(C)C. The summed E-state index contributed by atoms with van der Waals surface area (Å²) in [7, 11) is -10.1. The van der Waals surface area contributed by atoms with E-state index in [1.54, 1.807) is 12.1 Å². The second-order valence-electron chi connectivity index (χ2n) is 21.5. The minimum atomic E-state index is -3.95. The van der Waals surface area contributed by atoms with E-state index in [-0.39, 0.29) is 62.5 Å². The predicted octanol–water partition coefficient (Wildman–Crippen LogP) is 14.2. The Balaban J connectivity index is 2.58. The maximum atomic E-state index is 13.6. The fourth-order valence-corrected chi connectivity index (χ4v) is 11.8. The molecule has 0 heterocycles. The minimum Gasteiger partial charge on any atom is -0.417 e. The highest BCUT2D eigenvalue weighted by molar-refractivity contribution is 9.11. The molecule has 11 heteroatoms. The molecule has 0 bridgehead atoms. The Hall–Kier alpha value is -0.819. The third-order valence-electron chi connectivity index (χ3n) is 13.6. The van der Waals surface area contributed by atoms with Crippen molar-refractivity contribution in [3.05, 3.63) is 52.5 Å². The van der Waals surface area contributed by atoms with E-state index in [2.05, 4.69) is 155 Å². The second kappa shape index (κ2) is 21.5. The lowest BCUT2D eigenvalue weighted by molar-refractivity contribution is 0.145. The summed E-state index contributed by atoms with van der Waals surface area (Å²) in [6.07, 6.45) is 12.0. The van der Waals surface area contributed by atoms with Crippen molar-refractivity contribution in [2.45, 2.75) is 193 Å². The van der Waals surface area contributed by atoms with Gasteiger partial charge in [0.25, 0.3) is 10.1 Å². The van der Waals surface area contributed by atoms with Gasteiger partial charge in [0.15, 0.2) is 25.0 Å². The summed E-state index contributed by atoms with van der Waals surface area (Å²) in [6, 6.07) is 6.90. The van der Waals surface area contributed by atoms with Gasteiger partial charge in [0.05, 0.1) is 23.7 Å². The molecular weight excluding hydrogens is 857 g/mol. The molecule has 0 spiro atoms. The van der Waals surface area contributed by atoms with Crippen molar-refractivity contribution >= 4 is 51.0 Å². The van der Waals surface area contributed by atoms with Crippen LogP contribution >= 0.6 is 15.9 Å². The Labute approximate surface area is 369 Å². The average molecular weight is 940 g/mol. The minimum absolute atomic E-state index is 0.0101. The maximum Gasteiger partial charge on any atom is 0.296 e. The van der Waals surface area contributed by atoms with Crippen molar-refractivity contribution < 1.29 is 25.9 Å². The summed E-state index contributed by atoms with van der Waals surface area (Å²) in [5.41, 5.74) is 1.00. The van der Waals surface area contributed by atoms with E-state index >= 15 is 0 Å². The Morgan fingerprint density at radius 3 is 2.00 bits per heavy atom. The van der Waals surface area contributed by atoms with Gasteiger partial charge in [-0.1, -0.05) is 121 Å². The molecule has 0 amide bonds. The molecule has 0 N–H and O–H groups in total. The molecule has 0 radical (unpaired) electrons. The van der Waals surface area contributed by atoms with Gasteiger partial charge in [0.1, 0.15) is 0 Å². The Kier molecular flexibility index (Phi) is 19.8. The first-order chi connectivity index (χ1) is 26.3. The Bertz CT molecular complexity index is 1670. The highest BCUT2D eigenvalue weighted by Gasteiger charge is 2.48. The van der Waals surface area contributed by atoms with Crippen LogP contribution in [0, 0.1) is 42.4 Å². The quantitative estimate of drug-likeness (QED) is 0.0426. The van der Waals surface area contributed by atoms with Crippen LogP contribution in [-0.2, 0) is 27.6 Å². The molecule has 0 aromatic heterocycles. The van der Waals surface area contributed by atoms with Crippen molar-refractivity contribution in [1.29, 1.82) is 0 Å². The number of rotatable bonds is 20. The third kappa shape index (κ3) is 15.8. The summed E-state index contributed by atoms with van der Waals surface area (Å²) < 4.78 is 55.2. The number of aryl methyl sites for hydroxylation is 1. The van der Waals surface area contributed by atoms with Crippen molar-refractivity contribution in [3.63, 3.8) is 0 Å². The van der Waals surface area contributed by atoms with E-state index in [0.29, 0.717) is 6.42 Å². The molecule has 2 unspecified atom stereocenters. The van der Waals surface area contributed by atoms with E-state index in [1.807, 2.05) is 26.0 Å². The highest BCUT2D eigenvalue weighted by atomic mass is 79.9. The summed E-state index contributed by atoms with van der Waals surface area (Å²) >= 11 is 4.00. The van der Waals surface area contributed by atoms with Gasteiger partial charge in [0.2, 0.25) is 0 Å². The van der Waals surface area contributed by atoms with Crippen LogP contribution in [0.4, 0.5) is 0 Å². The number of halogens is 1. The molecule has 332 valence electrons. The molecule has 1 aliphatic rings. The van der Waals surface area contributed by atoms with Crippen molar-refractivity contribution in [1.82, 2.24) is 0 Å². The molecule has 1 aromatic carbocycles. The summed E-state index contributed by atoms with van der Waals surface area (Å²) in [4.78, 5) is 0.187. The molecule has 2 rings (SSSR count). The van der Waals surface area contributed by atoms with Crippen LogP contribution in [0.15, 0.2) is 51.9 Å². The van der Waals surface area contributed by atoms with Crippen molar-refractivity contribution in [3.8, 4) is 11.8 Å². The van der Waals surface area contributed by atoms with E-state index in [9.17, 15) is 8.42 Å². The molecule has 6 atom stereocenters. The van der Waals surface area contributed by atoms with E-state index in [1.165, 1.54) is 0 Å². The maximum absolute atomic E-state index is 13.6. The lowest BCUT2D eigenvalue weighted by Gasteiger charge is -2.41. The first-order valence-corrected chi connectivity index (χ1v) is 32.7. The number of hydrogen-bond donors (Lipinski definition) is 0. The molecule has 1 saturated carbocycles. The first-order valence-electron chi connectivity index (χ1n) is 21.7. The van der Waals surface area contributed by atoms with Gasteiger partial charge >= 0.3 is 0 Å². The zero-order valence-corrected chi connectivity index (χ0v) is 45.3. The van der Waals surface area contributed by atoms with Crippen LogP contribution in [0.3, 0.4) is 0 Å². The molecule has 58 heavy (non-hydrogen) atoms. The smallest absolute Gasteiger partial charge is 0.296 e. The zero-order chi connectivity index (χ0) is 44.5. The fraction of sp³-hybridized carbons (Fsp3) is 0.745. The van der Waals surface area contributed by atoms with Gasteiger partial charge < -0.3 is 13.3 Å².